The third-order valence-electron chi connectivity index (χ3n) is 4.85. The van der Waals surface area contributed by atoms with Gasteiger partial charge in [-0.25, -0.2) is 0 Å². The Morgan fingerprint density at radius 3 is 2.67 bits per heavy atom. The number of fused-ring (bicyclic) bond motifs is 1. The largest absolute Gasteiger partial charge is 0.451 e. The van der Waals surface area contributed by atoms with Gasteiger partial charge in [-0.15, -0.1) is 10.2 Å². The van der Waals surface area contributed by atoms with Crippen LogP contribution in [-0.4, -0.2) is 27.0 Å². The van der Waals surface area contributed by atoms with Crippen LogP contribution in [0, 0.1) is 6.92 Å². The quantitative estimate of drug-likeness (QED) is 0.332. The SMILES string of the molecule is Cc1c(C(=O)N(Cc2nnc(-c3ccccc3Cl)o2)C(C)C)oc2ccc(Br)cc12. The zero-order chi connectivity index (χ0) is 21.4. The molecule has 154 valence electrons. The number of furan rings is 1. The summed E-state index contributed by atoms with van der Waals surface area (Å²) in [6.45, 7) is 5.90. The van der Waals surface area contributed by atoms with Crippen molar-refractivity contribution >= 4 is 44.4 Å². The molecule has 0 radical (unpaired) electrons. The lowest BCUT2D eigenvalue weighted by Gasteiger charge is -2.24. The average molecular weight is 489 g/mol. The number of carbonyl (C=O) groups excluding carboxylic acids is 1. The number of hydrogen-bond acceptors (Lipinski definition) is 5. The molecule has 0 aliphatic heterocycles. The summed E-state index contributed by atoms with van der Waals surface area (Å²) in [5.41, 5.74) is 2.12. The first-order valence-electron chi connectivity index (χ1n) is 9.42. The van der Waals surface area contributed by atoms with Crippen LogP contribution in [-0.2, 0) is 6.54 Å². The maximum atomic E-state index is 13.3. The number of benzene rings is 2. The van der Waals surface area contributed by atoms with E-state index in [1.165, 1.54) is 0 Å². The fourth-order valence-electron chi connectivity index (χ4n) is 3.22. The lowest BCUT2D eigenvalue weighted by Crippen LogP contribution is -2.36. The van der Waals surface area contributed by atoms with Crippen LogP contribution in [0.5, 0.6) is 0 Å². The fraction of sp³-hybridized carbons (Fsp3) is 0.227. The van der Waals surface area contributed by atoms with Gasteiger partial charge in [-0.3, -0.25) is 4.79 Å². The first kappa shape index (κ1) is 20.6. The van der Waals surface area contributed by atoms with Crippen molar-refractivity contribution in [3.63, 3.8) is 0 Å². The van der Waals surface area contributed by atoms with E-state index in [2.05, 4.69) is 26.1 Å². The highest BCUT2D eigenvalue weighted by atomic mass is 79.9. The molecule has 4 rings (SSSR count). The minimum Gasteiger partial charge on any atom is -0.451 e. The van der Waals surface area contributed by atoms with E-state index >= 15 is 0 Å². The fourth-order valence-corrected chi connectivity index (χ4v) is 3.80. The topological polar surface area (TPSA) is 72.4 Å². The van der Waals surface area contributed by atoms with Gasteiger partial charge in [-0.05, 0) is 51.1 Å². The molecule has 0 unspecified atom stereocenters. The zero-order valence-electron chi connectivity index (χ0n) is 16.6. The van der Waals surface area contributed by atoms with Crippen molar-refractivity contribution in [1.29, 1.82) is 0 Å². The summed E-state index contributed by atoms with van der Waals surface area (Å²) >= 11 is 9.68. The van der Waals surface area contributed by atoms with Crippen molar-refractivity contribution in [2.24, 2.45) is 0 Å². The molecule has 0 N–H and O–H groups in total. The number of aryl methyl sites for hydroxylation is 1. The summed E-state index contributed by atoms with van der Waals surface area (Å²) < 4.78 is 12.6. The van der Waals surface area contributed by atoms with E-state index < -0.39 is 0 Å². The number of aromatic nitrogens is 2. The molecule has 0 saturated carbocycles. The molecule has 0 aliphatic rings. The minimum absolute atomic E-state index is 0.104. The van der Waals surface area contributed by atoms with Crippen LogP contribution in [0.25, 0.3) is 22.4 Å². The number of rotatable bonds is 5. The summed E-state index contributed by atoms with van der Waals surface area (Å²) in [4.78, 5) is 14.9. The van der Waals surface area contributed by atoms with Crippen molar-refractivity contribution in [2.45, 2.75) is 33.4 Å². The molecule has 4 aromatic rings. The second kappa shape index (κ2) is 8.24. The molecule has 6 nitrogen and oxygen atoms in total. The van der Waals surface area contributed by atoms with Crippen LogP contribution in [0.15, 0.2) is 55.8 Å². The monoisotopic (exact) mass is 487 g/mol. The molecular formula is C22H19BrClN3O3. The highest BCUT2D eigenvalue weighted by Crippen LogP contribution is 2.30. The van der Waals surface area contributed by atoms with Gasteiger partial charge < -0.3 is 13.7 Å². The molecule has 0 spiro atoms. The van der Waals surface area contributed by atoms with E-state index in [1.807, 2.05) is 51.1 Å². The predicted octanol–water partition coefficient (Wildman–Crippen LogP) is 6.26. The van der Waals surface area contributed by atoms with Crippen LogP contribution >= 0.6 is 27.5 Å². The standard InChI is InChI=1S/C22H19BrClN3O3/c1-12(2)27(11-19-25-26-21(30-19)15-6-4-5-7-17(15)24)22(28)20-13(3)16-10-14(23)8-9-18(16)29-20/h4-10,12H,11H2,1-3H3. The lowest BCUT2D eigenvalue weighted by atomic mass is 10.1. The molecule has 0 bridgehead atoms. The number of carbonyl (C=O) groups is 1. The van der Waals surface area contributed by atoms with Crippen LogP contribution in [0.1, 0.15) is 35.9 Å². The maximum absolute atomic E-state index is 13.3. The minimum atomic E-state index is -0.229. The van der Waals surface area contributed by atoms with Crippen molar-refractivity contribution in [2.75, 3.05) is 0 Å². The highest BCUT2D eigenvalue weighted by Gasteiger charge is 2.27. The van der Waals surface area contributed by atoms with E-state index in [-0.39, 0.29) is 18.5 Å². The summed E-state index contributed by atoms with van der Waals surface area (Å²) in [5.74, 6) is 0.718. The summed E-state index contributed by atoms with van der Waals surface area (Å²) in [7, 11) is 0. The average Bonchev–Trinajstić information content (AvgIpc) is 3.31. The van der Waals surface area contributed by atoms with E-state index in [0.717, 1.165) is 15.4 Å². The van der Waals surface area contributed by atoms with Crippen molar-refractivity contribution in [3.8, 4) is 11.5 Å². The van der Waals surface area contributed by atoms with Gasteiger partial charge >= 0.3 is 0 Å². The van der Waals surface area contributed by atoms with Crippen molar-refractivity contribution in [3.05, 3.63) is 69.2 Å². The molecule has 0 aliphatic carbocycles. The Morgan fingerprint density at radius 2 is 1.93 bits per heavy atom. The number of amides is 1. The molecule has 2 aromatic heterocycles. The molecule has 1 amide bonds. The summed E-state index contributed by atoms with van der Waals surface area (Å²) in [6.07, 6.45) is 0. The molecule has 30 heavy (non-hydrogen) atoms. The van der Waals surface area contributed by atoms with Gasteiger partial charge in [0, 0.05) is 21.5 Å². The van der Waals surface area contributed by atoms with E-state index in [0.29, 0.717) is 33.7 Å². The maximum Gasteiger partial charge on any atom is 0.290 e. The Hall–Kier alpha value is -2.64. The molecule has 8 heteroatoms. The van der Waals surface area contributed by atoms with Crippen molar-refractivity contribution in [1.82, 2.24) is 15.1 Å². The Balaban J connectivity index is 1.63. The highest BCUT2D eigenvalue weighted by molar-refractivity contribution is 9.10. The zero-order valence-corrected chi connectivity index (χ0v) is 19.0. The normalized spacial score (nSPS) is 11.4. The third-order valence-corrected chi connectivity index (χ3v) is 5.68. The molecule has 2 heterocycles. The molecule has 0 fully saturated rings. The Kier molecular flexibility index (Phi) is 5.66. The lowest BCUT2D eigenvalue weighted by molar-refractivity contribution is 0.0641. The van der Waals surface area contributed by atoms with Gasteiger partial charge in [0.05, 0.1) is 17.1 Å². The second-order valence-electron chi connectivity index (χ2n) is 7.20. The van der Waals surface area contributed by atoms with E-state index in [9.17, 15) is 4.79 Å². The van der Waals surface area contributed by atoms with E-state index in [1.54, 1.807) is 17.0 Å². The van der Waals surface area contributed by atoms with Gasteiger partial charge in [0.15, 0.2) is 5.76 Å². The second-order valence-corrected chi connectivity index (χ2v) is 8.53. The molecule has 0 saturated heterocycles. The van der Waals surface area contributed by atoms with E-state index in [4.69, 9.17) is 20.4 Å². The molecular weight excluding hydrogens is 470 g/mol. The number of hydrogen-bond donors (Lipinski definition) is 0. The summed E-state index contributed by atoms with van der Waals surface area (Å²) in [5, 5.41) is 9.61. The smallest absolute Gasteiger partial charge is 0.290 e. The van der Waals surface area contributed by atoms with Gasteiger partial charge in [0.25, 0.3) is 5.91 Å². The van der Waals surface area contributed by atoms with Gasteiger partial charge in [0.2, 0.25) is 11.8 Å². The first-order valence-corrected chi connectivity index (χ1v) is 10.6. The van der Waals surface area contributed by atoms with Gasteiger partial charge in [-0.1, -0.05) is 39.7 Å². The predicted molar refractivity (Wildman–Crippen MR) is 118 cm³/mol. The molecule has 0 atom stereocenters. The van der Waals surface area contributed by atoms with Crippen LogP contribution in [0.4, 0.5) is 0 Å². The Bertz CT molecular complexity index is 1230. The van der Waals surface area contributed by atoms with Gasteiger partial charge in [0.1, 0.15) is 5.58 Å². The Morgan fingerprint density at radius 1 is 1.17 bits per heavy atom. The first-order chi connectivity index (χ1) is 14.3. The molecule has 2 aromatic carbocycles. The summed E-state index contributed by atoms with van der Waals surface area (Å²) in [6, 6.07) is 12.8. The van der Waals surface area contributed by atoms with Gasteiger partial charge in [-0.2, -0.15) is 0 Å². The van der Waals surface area contributed by atoms with Crippen LogP contribution in [0.2, 0.25) is 5.02 Å². The van der Waals surface area contributed by atoms with Crippen LogP contribution in [0.3, 0.4) is 0 Å². The number of halogens is 2. The third kappa shape index (κ3) is 3.87. The Labute approximate surface area is 187 Å². The number of nitrogens with zero attached hydrogens (tertiary/aromatic N) is 3. The van der Waals surface area contributed by atoms with Crippen molar-refractivity contribution < 1.29 is 13.6 Å². The van der Waals surface area contributed by atoms with Crippen LogP contribution < -0.4 is 0 Å².